The number of ether oxygens (including phenoxy) is 2. The first kappa shape index (κ1) is 35.4. The monoisotopic (exact) mass is 716 g/mol. The topological polar surface area (TPSA) is 122 Å². The Kier molecular flexibility index (Phi) is 9.31. The Morgan fingerprint density at radius 2 is 1.06 bits per heavy atom. The van der Waals surface area contributed by atoms with Gasteiger partial charge in [0.1, 0.15) is 23.0 Å². The summed E-state index contributed by atoms with van der Waals surface area (Å²) < 4.78 is 12.1. The van der Waals surface area contributed by atoms with E-state index in [1.54, 1.807) is 48.5 Å². The maximum absolute atomic E-state index is 13.5. The molecule has 0 unspecified atom stereocenters. The number of ketones is 1. The van der Waals surface area contributed by atoms with Crippen molar-refractivity contribution < 1.29 is 33.8 Å². The van der Waals surface area contributed by atoms with Crippen molar-refractivity contribution in [2.75, 3.05) is 17.3 Å². The van der Waals surface area contributed by atoms with Gasteiger partial charge in [0.25, 0.3) is 11.8 Å². The molecule has 2 N–H and O–H groups in total. The van der Waals surface area contributed by atoms with Gasteiger partial charge in [0.05, 0.1) is 22.4 Å². The van der Waals surface area contributed by atoms with Crippen molar-refractivity contribution in [1.29, 1.82) is 0 Å². The molecule has 0 radical (unpaired) electrons. The van der Waals surface area contributed by atoms with E-state index in [2.05, 4.69) is 31.3 Å². The highest BCUT2D eigenvalue weighted by Gasteiger charge is 2.37. The molecule has 2 amide bonds. The summed E-state index contributed by atoms with van der Waals surface area (Å²) in [6.07, 6.45) is 0. The first-order valence-electron chi connectivity index (χ1n) is 17.3. The number of carboxylic acids is 1. The molecule has 6 aromatic rings. The molecule has 9 heteroatoms. The van der Waals surface area contributed by atoms with E-state index in [4.69, 9.17) is 9.47 Å². The minimum Gasteiger partial charge on any atom is -0.478 e. The second-order valence-corrected chi connectivity index (χ2v) is 13.5. The highest BCUT2D eigenvalue weighted by molar-refractivity contribution is 6.34. The maximum atomic E-state index is 13.5. The predicted octanol–water partition coefficient (Wildman–Crippen LogP) is 10.0. The number of fused-ring (bicyclic) bond motifs is 1. The lowest BCUT2D eigenvalue weighted by Crippen LogP contribution is -2.29. The van der Waals surface area contributed by atoms with Crippen LogP contribution in [0.3, 0.4) is 0 Å². The zero-order valence-corrected chi connectivity index (χ0v) is 30.0. The van der Waals surface area contributed by atoms with Crippen molar-refractivity contribution in [3.8, 4) is 34.1 Å². The van der Waals surface area contributed by atoms with E-state index >= 15 is 0 Å². The van der Waals surface area contributed by atoms with Gasteiger partial charge in [0.15, 0.2) is 5.78 Å². The number of imide groups is 1. The van der Waals surface area contributed by atoms with Gasteiger partial charge in [-0.25, -0.2) is 9.69 Å². The van der Waals surface area contributed by atoms with Crippen molar-refractivity contribution >= 4 is 34.9 Å². The average molecular weight is 717 g/mol. The van der Waals surface area contributed by atoms with Gasteiger partial charge in [-0.15, -0.1) is 0 Å². The van der Waals surface area contributed by atoms with Crippen LogP contribution in [0.1, 0.15) is 73.3 Å². The molecule has 1 aliphatic heterocycles. The molecule has 0 bridgehead atoms. The predicted molar refractivity (Wildman–Crippen MR) is 208 cm³/mol. The number of hydrogen-bond acceptors (Lipinski definition) is 7. The molecule has 1 aliphatic rings. The number of rotatable bonds is 11. The number of Topliss-reactive ketones (excluding diaryl/α,β-unsaturated/α-hetero) is 1. The number of carbonyl (C=O) groups is 4. The van der Waals surface area contributed by atoms with Gasteiger partial charge in [0.2, 0.25) is 0 Å². The Balaban J connectivity index is 1.01. The van der Waals surface area contributed by atoms with Crippen LogP contribution in [0.25, 0.3) is 11.1 Å². The van der Waals surface area contributed by atoms with Crippen LogP contribution >= 0.6 is 0 Å². The van der Waals surface area contributed by atoms with Gasteiger partial charge in [-0.3, -0.25) is 14.4 Å². The Hall–Kier alpha value is -7.00. The maximum Gasteiger partial charge on any atom is 0.336 e. The summed E-state index contributed by atoms with van der Waals surface area (Å²) in [5.41, 5.74) is 4.79. The lowest BCUT2D eigenvalue weighted by atomic mass is 9.78. The molecule has 0 spiro atoms. The van der Waals surface area contributed by atoms with E-state index in [0.29, 0.717) is 28.3 Å². The normalized spacial score (nSPS) is 12.3. The zero-order chi connectivity index (χ0) is 38.1. The first-order valence-corrected chi connectivity index (χ1v) is 17.3. The number of nitrogens with one attached hydrogen (secondary N) is 1. The fraction of sp³-hybridized carbons (Fsp3) is 0.111. The summed E-state index contributed by atoms with van der Waals surface area (Å²) in [5, 5.41) is 12.7. The molecule has 268 valence electrons. The molecule has 0 fully saturated rings. The molecule has 0 atom stereocenters. The summed E-state index contributed by atoms with van der Waals surface area (Å²) in [6.45, 7) is 5.63. The first-order chi connectivity index (χ1) is 25.9. The number of anilines is 2. The number of nitrogens with zero attached hydrogens (tertiary/aromatic N) is 1. The van der Waals surface area contributed by atoms with Crippen LogP contribution in [0.2, 0.25) is 0 Å². The lowest BCUT2D eigenvalue weighted by Gasteiger charge is -2.26. The molecule has 6 aromatic carbocycles. The van der Waals surface area contributed by atoms with Crippen molar-refractivity contribution in [1.82, 2.24) is 0 Å². The molecule has 0 saturated heterocycles. The zero-order valence-electron chi connectivity index (χ0n) is 30.0. The summed E-state index contributed by atoms with van der Waals surface area (Å²) >= 11 is 0. The summed E-state index contributed by atoms with van der Waals surface area (Å²) in [5.74, 6) is 0.124. The highest BCUT2D eigenvalue weighted by atomic mass is 16.5. The van der Waals surface area contributed by atoms with Gasteiger partial charge in [-0.1, -0.05) is 50.2 Å². The molecular weight excluding hydrogens is 681 g/mol. The quantitative estimate of drug-likeness (QED) is 0.100. The van der Waals surface area contributed by atoms with Gasteiger partial charge in [0, 0.05) is 23.7 Å². The third-order valence-electron chi connectivity index (χ3n) is 9.71. The molecule has 0 aromatic heterocycles. The van der Waals surface area contributed by atoms with E-state index < -0.39 is 17.8 Å². The summed E-state index contributed by atoms with van der Waals surface area (Å²) in [7, 11) is 1.88. The van der Waals surface area contributed by atoms with Crippen LogP contribution in [0, 0.1) is 0 Å². The molecule has 9 nitrogen and oxygen atoms in total. The van der Waals surface area contributed by atoms with Crippen molar-refractivity contribution in [3.63, 3.8) is 0 Å². The van der Waals surface area contributed by atoms with Crippen LogP contribution in [-0.4, -0.2) is 35.7 Å². The fourth-order valence-corrected chi connectivity index (χ4v) is 6.53. The SMILES string of the molecule is CNc1ccc(Oc2ccc(C(C)(C)c3ccc(Oc4ccc(N5C(=O)c6ccc(-c7ccc(C(C)=O)c(C(=O)O)c7)cc6C5=O)cc4)cc3)cc2)cc1. The van der Waals surface area contributed by atoms with Crippen molar-refractivity contribution in [2.24, 2.45) is 0 Å². The highest BCUT2D eigenvalue weighted by Crippen LogP contribution is 2.36. The lowest BCUT2D eigenvalue weighted by molar-refractivity contribution is 0.0691. The molecule has 7 rings (SSSR count). The molecule has 0 saturated carbocycles. The van der Waals surface area contributed by atoms with Gasteiger partial charge in [-0.2, -0.15) is 0 Å². The smallest absolute Gasteiger partial charge is 0.336 e. The van der Waals surface area contributed by atoms with E-state index in [0.717, 1.165) is 33.2 Å². The van der Waals surface area contributed by atoms with E-state index in [9.17, 15) is 24.3 Å². The number of benzene rings is 6. The molecule has 1 heterocycles. The van der Waals surface area contributed by atoms with Crippen LogP contribution in [0.5, 0.6) is 23.0 Å². The fourth-order valence-electron chi connectivity index (χ4n) is 6.53. The number of amides is 2. The third-order valence-corrected chi connectivity index (χ3v) is 9.71. The van der Waals surface area contributed by atoms with E-state index in [-0.39, 0.29) is 33.5 Å². The molecular formula is C45H36N2O7. The number of carboxylic acid groups (broad SMARTS) is 1. The minimum atomic E-state index is -1.23. The number of aromatic carboxylic acids is 1. The van der Waals surface area contributed by atoms with Gasteiger partial charge in [-0.05, 0) is 126 Å². The van der Waals surface area contributed by atoms with Crippen molar-refractivity contribution in [2.45, 2.75) is 26.2 Å². The minimum absolute atomic E-state index is 0.0926. The third kappa shape index (κ3) is 6.82. The molecule has 0 aliphatic carbocycles. The number of hydrogen-bond donors (Lipinski definition) is 2. The second kappa shape index (κ2) is 14.2. The van der Waals surface area contributed by atoms with E-state index in [1.165, 1.54) is 19.1 Å². The van der Waals surface area contributed by atoms with Crippen LogP contribution < -0.4 is 19.7 Å². The van der Waals surface area contributed by atoms with Crippen LogP contribution in [0.4, 0.5) is 11.4 Å². The Morgan fingerprint density at radius 3 is 1.56 bits per heavy atom. The van der Waals surface area contributed by atoms with Crippen molar-refractivity contribution in [3.05, 3.63) is 167 Å². The van der Waals surface area contributed by atoms with Crippen LogP contribution in [0.15, 0.2) is 133 Å². The second-order valence-electron chi connectivity index (χ2n) is 13.5. The van der Waals surface area contributed by atoms with Crippen LogP contribution in [-0.2, 0) is 5.41 Å². The Labute approximate surface area is 312 Å². The largest absolute Gasteiger partial charge is 0.478 e. The standard InChI is InChI=1S/C45H36N2O7/c1-27(48)38-23-5-29(26-41(38)44(51)52)28-6-24-39-40(25-28)43(50)47(42(39)49)33-13-21-37(22-14-33)54-35-17-9-31(10-18-35)45(2,3)30-7-15-34(16-8-30)53-36-19-11-32(46-4)12-20-36/h5-26,46H,1-4H3,(H,51,52). The van der Waals surface area contributed by atoms with E-state index in [1.807, 2.05) is 67.7 Å². The summed E-state index contributed by atoms with van der Waals surface area (Å²) in [6, 6.07) is 39.7. The average Bonchev–Trinajstić information content (AvgIpc) is 3.43. The Morgan fingerprint density at radius 1 is 0.593 bits per heavy atom. The summed E-state index contributed by atoms with van der Waals surface area (Å²) in [4.78, 5) is 51.7. The molecule has 54 heavy (non-hydrogen) atoms. The Bertz CT molecular complexity index is 2420. The van der Waals surface area contributed by atoms with Gasteiger partial charge >= 0.3 is 5.97 Å². The van der Waals surface area contributed by atoms with Gasteiger partial charge < -0.3 is 19.9 Å². The number of carbonyl (C=O) groups excluding carboxylic acids is 3.